The molecule has 0 saturated carbocycles. The van der Waals surface area contributed by atoms with Crippen molar-refractivity contribution in [2.24, 2.45) is 0 Å². The zero-order chi connectivity index (χ0) is 16.2. The molecule has 1 aromatic rings. The molecule has 0 atom stereocenters. The third-order valence-corrected chi connectivity index (χ3v) is 4.00. The number of carbonyl (C=O) groups excluding carboxylic acids is 1. The molecule has 1 aromatic heterocycles. The van der Waals surface area contributed by atoms with Gasteiger partial charge in [0.2, 0.25) is 5.91 Å². The van der Waals surface area contributed by atoms with Crippen molar-refractivity contribution in [2.75, 3.05) is 19.3 Å². The first kappa shape index (κ1) is 17.4. The van der Waals surface area contributed by atoms with Crippen molar-refractivity contribution in [1.82, 2.24) is 14.9 Å². The van der Waals surface area contributed by atoms with Crippen LogP contribution in [-0.4, -0.2) is 51.2 Å². The minimum Gasteiger partial charge on any atom is -0.478 e. The van der Waals surface area contributed by atoms with Gasteiger partial charge in [0.15, 0.2) is 0 Å². The highest BCUT2D eigenvalue weighted by molar-refractivity contribution is 8.00. The fourth-order valence-corrected chi connectivity index (χ4v) is 2.61. The Balaban J connectivity index is 3.08. The average Bonchev–Trinajstić information content (AvgIpc) is 2.42. The number of amides is 1. The fourth-order valence-electron chi connectivity index (χ4n) is 1.59. The van der Waals surface area contributed by atoms with E-state index in [4.69, 9.17) is 0 Å². The van der Waals surface area contributed by atoms with Crippen molar-refractivity contribution < 1.29 is 14.7 Å². The van der Waals surface area contributed by atoms with Gasteiger partial charge < -0.3 is 10.0 Å². The van der Waals surface area contributed by atoms with Gasteiger partial charge in [-0.05, 0) is 13.8 Å². The third-order valence-electron chi connectivity index (χ3n) is 3.04. The summed E-state index contributed by atoms with van der Waals surface area (Å²) in [6.07, 6.45) is 0. The van der Waals surface area contributed by atoms with Crippen LogP contribution < -0.4 is 0 Å². The van der Waals surface area contributed by atoms with Crippen LogP contribution in [0.5, 0.6) is 0 Å². The number of aryl methyl sites for hydroxylation is 1. The van der Waals surface area contributed by atoms with Gasteiger partial charge >= 0.3 is 5.97 Å². The number of carboxylic acids is 1. The molecular formula is C14H21N3O3S. The van der Waals surface area contributed by atoms with Gasteiger partial charge in [-0.3, -0.25) is 4.79 Å². The highest BCUT2D eigenvalue weighted by Gasteiger charge is 2.20. The summed E-state index contributed by atoms with van der Waals surface area (Å²) in [6, 6.07) is 0. The molecule has 7 heteroatoms. The maximum absolute atomic E-state index is 11.8. The van der Waals surface area contributed by atoms with Gasteiger partial charge in [0.05, 0.1) is 11.4 Å². The summed E-state index contributed by atoms with van der Waals surface area (Å²) in [4.78, 5) is 33.3. The van der Waals surface area contributed by atoms with Crippen LogP contribution in [-0.2, 0) is 4.79 Å². The van der Waals surface area contributed by atoms with Crippen LogP contribution in [0, 0.1) is 6.92 Å². The topological polar surface area (TPSA) is 83.4 Å². The van der Waals surface area contributed by atoms with E-state index >= 15 is 0 Å². The van der Waals surface area contributed by atoms with E-state index in [-0.39, 0.29) is 23.1 Å². The molecule has 0 aliphatic rings. The zero-order valence-corrected chi connectivity index (χ0v) is 13.8. The molecule has 0 radical (unpaired) electrons. The molecule has 21 heavy (non-hydrogen) atoms. The van der Waals surface area contributed by atoms with Gasteiger partial charge in [-0.1, -0.05) is 25.6 Å². The molecule has 1 rings (SSSR count). The zero-order valence-electron chi connectivity index (χ0n) is 13.0. The molecule has 6 nitrogen and oxygen atoms in total. The molecule has 0 aliphatic carbocycles. The molecule has 0 fully saturated rings. The summed E-state index contributed by atoms with van der Waals surface area (Å²) in [5, 5.41) is 9.67. The van der Waals surface area contributed by atoms with E-state index in [1.54, 1.807) is 18.9 Å². The molecule has 1 N–H and O–H groups in total. The van der Waals surface area contributed by atoms with Crippen LogP contribution in [0.4, 0.5) is 0 Å². The minimum atomic E-state index is -1.07. The Kier molecular flexibility index (Phi) is 6.14. The first-order valence-electron chi connectivity index (χ1n) is 6.76. The number of aromatic nitrogens is 2. The highest BCUT2D eigenvalue weighted by atomic mass is 32.2. The summed E-state index contributed by atoms with van der Waals surface area (Å²) < 4.78 is 0. The number of hydrogen-bond acceptors (Lipinski definition) is 5. The van der Waals surface area contributed by atoms with Gasteiger partial charge in [-0.2, -0.15) is 0 Å². The lowest BCUT2D eigenvalue weighted by molar-refractivity contribution is -0.126. The normalized spacial score (nSPS) is 10.8. The van der Waals surface area contributed by atoms with E-state index in [1.165, 1.54) is 0 Å². The first-order valence-corrected chi connectivity index (χ1v) is 7.75. The van der Waals surface area contributed by atoms with Gasteiger partial charge in [0.1, 0.15) is 16.4 Å². The second-order valence-corrected chi connectivity index (χ2v) is 5.97. The SMILES string of the molecule is CCN(C)C(=O)CSc1nc(C(C)C)nc(C)c1C(=O)O. The van der Waals surface area contributed by atoms with Crippen LogP contribution in [0.1, 0.15) is 48.6 Å². The van der Waals surface area contributed by atoms with Gasteiger partial charge in [0.25, 0.3) is 0 Å². The van der Waals surface area contributed by atoms with Crippen LogP contribution in [0.3, 0.4) is 0 Å². The van der Waals surface area contributed by atoms with E-state index in [9.17, 15) is 14.7 Å². The Labute approximate surface area is 129 Å². The Bertz CT molecular complexity index is 547. The van der Waals surface area contributed by atoms with Crippen molar-refractivity contribution >= 4 is 23.6 Å². The number of carbonyl (C=O) groups is 2. The smallest absolute Gasteiger partial charge is 0.340 e. The third kappa shape index (κ3) is 4.42. The number of hydrogen-bond donors (Lipinski definition) is 1. The predicted octanol–water partition coefficient (Wildman–Crippen LogP) is 2.18. The number of nitrogens with zero attached hydrogens (tertiary/aromatic N) is 3. The Morgan fingerprint density at radius 1 is 1.33 bits per heavy atom. The quantitative estimate of drug-likeness (QED) is 0.640. The predicted molar refractivity (Wildman–Crippen MR) is 81.9 cm³/mol. The fraction of sp³-hybridized carbons (Fsp3) is 0.571. The number of carboxylic acid groups (broad SMARTS) is 1. The lowest BCUT2D eigenvalue weighted by atomic mass is 10.2. The number of rotatable bonds is 6. The molecule has 0 bridgehead atoms. The van der Waals surface area contributed by atoms with Crippen LogP contribution in [0.2, 0.25) is 0 Å². The monoisotopic (exact) mass is 311 g/mol. The number of aromatic carboxylic acids is 1. The van der Waals surface area contributed by atoms with Crippen molar-refractivity contribution in [3.63, 3.8) is 0 Å². The lowest BCUT2D eigenvalue weighted by Gasteiger charge is -2.15. The molecule has 1 heterocycles. The van der Waals surface area contributed by atoms with E-state index in [2.05, 4.69) is 9.97 Å². The maximum Gasteiger partial charge on any atom is 0.340 e. The van der Waals surface area contributed by atoms with E-state index in [0.29, 0.717) is 23.1 Å². The van der Waals surface area contributed by atoms with Crippen molar-refractivity contribution in [1.29, 1.82) is 0 Å². The van der Waals surface area contributed by atoms with Crippen molar-refractivity contribution in [3.8, 4) is 0 Å². The average molecular weight is 311 g/mol. The highest BCUT2D eigenvalue weighted by Crippen LogP contribution is 2.25. The molecule has 0 saturated heterocycles. The number of thioether (sulfide) groups is 1. The Morgan fingerprint density at radius 3 is 2.43 bits per heavy atom. The molecule has 116 valence electrons. The summed E-state index contributed by atoms with van der Waals surface area (Å²) in [6.45, 7) is 8.04. The van der Waals surface area contributed by atoms with E-state index < -0.39 is 5.97 Å². The molecule has 0 aliphatic heterocycles. The minimum absolute atomic E-state index is 0.0544. The standard InChI is InChI=1S/C14H21N3O3S/c1-6-17(5)10(18)7-21-13-11(14(19)20)9(4)15-12(16-13)8(2)3/h8H,6-7H2,1-5H3,(H,19,20). The largest absolute Gasteiger partial charge is 0.478 e. The van der Waals surface area contributed by atoms with E-state index in [1.807, 2.05) is 20.8 Å². The van der Waals surface area contributed by atoms with Gasteiger partial charge in [-0.15, -0.1) is 0 Å². The summed E-state index contributed by atoms with van der Waals surface area (Å²) in [5.41, 5.74) is 0.511. The second-order valence-electron chi connectivity index (χ2n) is 5.00. The summed E-state index contributed by atoms with van der Waals surface area (Å²) in [5.74, 6) is -0.266. The molecule has 0 aromatic carbocycles. The Hall–Kier alpha value is -1.63. The summed E-state index contributed by atoms with van der Waals surface area (Å²) in [7, 11) is 1.71. The summed E-state index contributed by atoms with van der Waals surface area (Å²) >= 11 is 1.15. The molecule has 0 unspecified atom stereocenters. The van der Waals surface area contributed by atoms with Crippen molar-refractivity contribution in [2.45, 2.75) is 38.6 Å². The van der Waals surface area contributed by atoms with Gasteiger partial charge in [0, 0.05) is 19.5 Å². The molecular weight excluding hydrogens is 290 g/mol. The van der Waals surface area contributed by atoms with Crippen LogP contribution in [0.25, 0.3) is 0 Å². The first-order chi connectivity index (χ1) is 9.77. The Morgan fingerprint density at radius 2 is 1.95 bits per heavy atom. The van der Waals surface area contributed by atoms with Crippen LogP contribution in [0.15, 0.2) is 5.03 Å². The van der Waals surface area contributed by atoms with E-state index in [0.717, 1.165) is 11.8 Å². The molecule has 0 spiro atoms. The maximum atomic E-state index is 11.8. The lowest BCUT2D eigenvalue weighted by Crippen LogP contribution is -2.28. The van der Waals surface area contributed by atoms with Gasteiger partial charge in [-0.25, -0.2) is 14.8 Å². The van der Waals surface area contributed by atoms with Crippen LogP contribution >= 0.6 is 11.8 Å². The second kappa shape index (κ2) is 7.40. The molecule has 1 amide bonds. The van der Waals surface area contributed by atoms with Crippen molar-refractivity contribution in [3.05, 3.63) is 17.1 Å².